The molecule has 0 aliphatic carbocycles. The predicted molar refractivity (Wildman–Crippen MR) is 104 cm³/mol. The largest absolute Gasteiger partial charge is 0.493 e. The molecule has 26 heavy (non-hydrogen) atoms. The highest BCUT2D eigenvalue weighted by Gasteiger charge is 2.06. The third kappa shape index (κ3) is 5.81. The summed E-state index contributed by atoms with van der Waals surface area (Å²) >= 11 is 0. The van der Waals surface area contributed by atoms with E-state index >= 15 is 0 Å². The number of rotatable bonds is 11. The van der Waals surface area contributed by atoms with Gasteiger partial charge in [0, 0.05) is 0 Å². The van der Waals surface area contributed by atoms with E-state index in [-0.39, 0.29) is 11.7 Å². The summed E-state index contributed by atoms with van der Waals surface area (Å²) in [5, 5.41) is 15.1. The summed E-state index contributed by atoms with van der Waals surface area (Å²) in [5.74, 6) is 1.35. The number of nitrogens with one attached hydrogen (secondary N) is 2. The van der Waals surface area contributed by atoms with E-state index in [4.69, 9.17) is 31.8 Å². The first-order chi connectivity index (χ1) is 12.6. The second-order valence-electron chi connectivity index (χ2n) is 5.93. The third-order valence-corrected chi connectivity index (χ3v) is 3.91. The van der Waals surface area contributed by atoms with Gasteiger partial charge in [0.05, 0.1) is 24.3 Å². The molecule has 0 fully saturated rings. The maximum Gasteiger partial charge on any atom is 0.130 e. The van der Waals surface area contributed by atoms with E-state index in [1.54, 1.807) is 12.1 Å². The molecule has 2 aromatic carbocycles. The van der Waals surface area contributed by atoms with Crippen molar-refractivity contribution in [1.82, 2.24) is 0 Å². The van der Waals surface area contributed by atoms with Gasteiger partial charge >= 0.3 is 0 Å². The van der Waals surface area contributed by atoms with Gasteiger partial charge in [-0.05, 0) is 49.9 Å². The summed E-state index contributed by atoms with van der Waals surface area (Å²) in [6, 6.07) is 14.7. The molecular formula is C20H26N4O2. The van der Waals surface area contributed by atoms with Crippen LogP contribution in [0.15, 0.2) is 48.5 Å². The number of para-hydroxylation sites is 2. The van der Waals surface area contributed by atoms with Gasteiger partial charge in [0.1, 0.15) is 23.2 Å². The number of hydrogen-bond acceptors (Lipinski definition) is 4. The SMILES string of the molecule is N=C(N)c1ccccc1OCCCCCCOc1ccccc1C(=N)N. The van der Waals surface area contributed by atoms with Crippen LogP contribution in [-0.4, -0.2) is 24.9 Å². The minimum absolute atomic E-state index is 0.0172. The Hall–Kier alpha value is -3.02. The molecule has 0 radical (unpaired) electrons. The second kappa shape index (κ2) is 10.1. The smallest absolute Gasteiger partial charge is 0.130 e. The number of unbranched alkanes of at least 4 members (excludes halogenated alkanes) is 3. The second-order valence-corrected chi connectivity index (χ2v) is 5.93. The molecule has 0 aromatic heterocycles. The molecule has 0 unspecified atom stereocenters. The summed E-state index contributed by atoms with van der Waals surface area (Å²) in [4.78, 5) is 0. The van der Waals surface area contributed by atoms with Gasteiger partial charge in [-0.15, -0.1) is 0 Å². The Morgan fingerprint density at radius 3 is 1.42 bits per heavy atom. The molecule has 6 heteroatoms. The summed E-state index contributed by atoms with van der Waals surface area (Å²) in [6.07, 6.45) is 3.91. The van der Waals surface area contributed by atoms with Gasteiger partial charge in [0.25, 0.3) is 0 Å². The van der Waals surface area contributed by atoms with E-state index in [2.05, 4.69) is 0 Å². The molecule has 0 bridgehead atoms. The number of hydrogen-bond donors (Lipinski definition) is 4. The molecule has 138 valence electrons. The summed E-state index contributed by atoms with van der Waals surface area (Å²) in [6.45, 7) is 1.19. The monoisotopic (exact) mass is 354 g/mol. The molecule has 2 rings (SSSR count). The Morgan fingerprint density at radius 1 is 0.654 bits per heavy atom. The fraction of sp³-hybridized carbons (Fsp3) is 0.300. The average molecular weight is 354 g/mol. The van der Waals surface area contributed by atoms with Crippen LogP contribution >= 0.6 is 0 Å². The maximum atomic E-state index is 7.54. The molecule has 0 heterocycles. The number of amidine groups is 2. The van der Waals surface area contributed by atoms with Crippen molar-refractivity contribution in [3.8, 4) is 11.5 Å². The molecule has 0 saturated carbocycles. The quantitative estimate of drug-likeness (QED) is 0.281. The molecule has 2 aromatic rings. The Balaban J connectivity index is 1.62. The van der Waals surface area contributed by atoms with E-state index < -0.39 is 0 Å². The number of nitrogens with two attached hydrogens (primary N) is 2. The first-order valence-electron chi connectivity index (χ1n) is 8.72. The van der Waals surface area contributed by atoms with Gasteiger partial charge in [0.2, 0.25) is 0 Å². The van der Waals surface area contributed by atoms with Crippen molar-refractivity contribution < 1.29 is 9.47 Å². The molecule has 6 nitrogen and oxygen atoms in total. The van der Waals surface area contributed by atoms with Crippen molar-refractivity contribution in [2.24, 2.45) is 11.5 Å². The minimum Gasteiger partial charge on any atom is -0.493 e. The number of nitrogen functional groups attached to an aromatic ring is 2. The van der Waals surface area contributed by atoms with Crippen molar-refractivity contribution in [3.05, 3.63) is 59.7 Å². The standard InChI is InChI=1S/C20H26N4O2/c21-19(22)15-9-3-5-11-17(15)25-13-7-1-2-8-14-26-18-12-6-4-10-16(18)20(23)24/h3-6,9-12H,1-2,7-8,13-14H2,(H3,21,22)(H3,23,24). The van der Waals surface area contributed by atoms with Crippen LogP contribution < -0.4 is 20.9 Å². The zero-order valence-electron chi connectivity index (χ0n) is 14.8. The maximum absolute atomic E-state index is 7.54. The van der Waals surface area contributed by atoms with Crippen LogP contribution in [0.5, 0.6) is 11.5 Å². The number of benzene rings is 2. The highest BCUT2D eigenvalue weighted by Crippen LogP contribution is 2.19. The Bertz CT molecular complexity index is 683. The van der Waals surface area contributed by atoms with Crippen molar-refractivity contribution in [2.45, 2.75) is 25.7 Å². The van der Waals surface area contributed by atoms with E-state index in [0.29, 0.717) is 35.8 Å². The molecule has 6 N–H and O–H groups in total. The van der Waals surface area contributed by atoms with Gasteiger partial charge in [-0.1, -0.05) is 24.3 Å². The van der Waals surface area contributed by atoms with Crippen LogP contribution in [0.4, 0.5) is 0 Å². The van der Waals surface area contributed by atoms with Gasteiger partial charge < -0.3 is 20.9 Å². The molecule has 0 spiro atoms. The normalized spacial score (nSPS) is 10.3. The fourth-order valence-corrected chi connectivity index (χ4v) is 2.55. The zero-order chi connectivity index (χ0) is 18.8. The van der Waals surface area contributed by atoms with E-state index in [1.165, 1.54) is 0 Å². The molecular weight excluding hydrogens is 328 g/mol. The van der Waals surface area contributed by atoms with Crippen molar-refractivity contribution in [1.29, 1.82) is 10.8 Å². The summed E-state index contributed by atoms with van der Waals surface area (Å²) < 4.78 is 11.5. The molecule has 0 saturated heterocycles. The topological polar surface area (TPSA) is 118 Å². The van der Waals surface area contributed by atoms with Gasteiger partial charge in [0.15, 0.2) is 0 Å². The predicted octanol–water partition coefficient (Wildman–Crippen LogP) is 3.27. The summed E-state index contributed by atoms with van der Waals surface area (Å²) in [5.41, 5.74) is 12.4. The van der Waals surface area contributed by atoms with Crippen LogP contribution in [0.3, 0.4) is 0 Å². The lowest BCUT2D eigenvalue weighted by atomic mass is 10.1. The van der Waals surface area contributed by atoms with Crippen LogP contribution in [-0.2, 0) is 0 Å². The van der Waals surface area contributed by atoms with Crippen molar-refractivity contribution in [3.63, 3.8) is 0 Å². The Labute approximate surface area is 154 Å². The number of ether oxygens (including phenoxy) is 2. The molecule has 0 amide bonds. The van der Waals surface area contributed by atoms with E-state index in [0.717, 1.165) is 25.7 Å². The minimum atomic E-state index is 0.0172. The van der Waals surface area contributed by atoms with Crippen LogP contribution in [0.25, 0.3) is 0 Å². The Kier molecular flexibility index (Phi) is 7.49. The first-order valence-corrected chi connectivity index (χ1v) is 8.72. The van der Waals surface area contributed by atoms with Crippen molar-refractivity contribution >= 4 is 11.7 Å². The third-order valence-electron chi connectivity index (χ3n) is 3.91. The van der Waals surface area contributed by atoms with Crippen LogP contribution in [0.2, 0.25) is 0 Å². The van der Waals surface area contributed by atoms with E-state index in [9.17, 15) is 0 Å². The Morgan fingerprint density at radius 2 is 1.04 bits per heavy atom. The first kappa shape index (κ1) is 19.3. The lowest BCUT2D eigenvalue weighted by Crippen LogP contribution is -2.13. The van der Waals surface area contributed by atoms with Gasteiger partial charge in [-0.2, -0.15) is 0 Å². The highest BCUT2D eigenvalue weighted by molar-refractivity contribution is 5.98. The zero-order valence-corrected chi connectivity index (χ0v) is 14.8. The van der Waals surface area contributed by atoms with Crippen LogP contribution in [0, 0.1) is 10.8 Å². The lowest BCUT2D eigenvalue weighted by Gasteiger charge is -2.11. The van der Waals surface area contributed by atoms with E-state index in [1.807, 2.05) is 36.4 Å². The lowest BCUT2D eigenvalue weighted by molar-refractivity contribution is 0.287. The van der Waals surface area contributed by atoms with Crippen molar-refractivity contribution in [2.75, 3.05) is 13.2 Å². The molecule has 0 atom stereocenters. The molecule has 0 aliphatic rings. The molecule has 0 aliphatic heterocycles. The average Bonchev–Trinajstić information content (AvgIpc) is 2.64. The van der Waals surface area contributed by atoms with Crippen LogP contribution in [0.1, 0.15) is 36.8 Å². The van der Waals surface area contributed by atoms with Gasteiger partial charge in [-0.3, -0.25) is 10.8 Å². The fourth-order valence-electron chi connectivity index (χ4n) is 2.55. The highest BCUT2D eigenvalue weighted by atomic mass is 16.5. The summed E-state index contributed by atoms with van der Waals surface area (Å²) in [7, 11) is 0. The van der Waals surface area contributed by atoms with Gasteiger partial charge in [-0.25, -0.2) is 0 Å².